The molecule has 2 aliphatic rings. The van der Waals surface area contributed by atoms with Crippen LogP contribution in [0.4, 0.5) is 0 Å². The van der Waals surface area contributed by atoms with Crippen LogP contribution in [0.1, 0.15) is 98.4 Å². The highest BCUT2D eigenvalue weighted by atomic mass is 16.6. The van der Waals surface area contributed by atoms with E-state index in [-0.39, 0.29) is 58.1 Å². The molecule has 0 saturated heterocycles. The van der Waals surface area contributed by atoms with Gasteiger partial charge in [-0.25, -0.2) is 0 Å². The summed E-state index contributed by atoms with van der Waals surface area (Å²) < 4.78 is 45.3. The van der Waals surface area contributed by atoms with Crippen molar-refractivity contribution >= 4 is 47.4 Å². The lowest BCUT2D eigenvalue weighted by atomic mass is 9.88. The molecule has 0 aromatic heterocycles. The second-order valence-corrected chi connectivity index (χ2v) is 13.1. The van der Waals surface area contributed by atoms with Crippen LogP contribution < -0.4 is 37.9 Å². The Hall–Kier alpha value is -7.36. The smallest absolute Gasteiger partial charge is 0.308 e. The minimum Gasteiger partial charge on any atom is -0.484 e. The molecule has 0 saturated carbocycles. The van der Waals surface area contributed by atoms with Gasteiger partial charge in [-0.15, -0.1) is 0 Å². The normalized spacial score (nSPS) is 15.3. The summed E-state index contributed by atoms with van der Waals surface area (Å²) in [7, 11) is 0. The van der Waals surface area contributed by atoms with Crippen LogP contribution in [0, 0.1) is 0 Å². The zero-order valence-corrected chi connectivity index (χ0v) is 31.9. The van der Waals surface area contributed by atoms with Gasteiger partial charge in [0.25, 0.3) is 0 Å². The van der Waals surface area contributed by atoms with Gasteiger partial charge in [-0.1, -0.05) is 24.3 Å². The van der Waals surface area contributed by atoms with E-state index in [2.05, 4.69) is 0 Å². The molecule has 4 aromatic rings. The van der Waals surface area contributed by atoms with Gasteiger partial charge in [0.1, 0.15) is 57.8 Å². The Bertz CT molecular complexity index is 2240. The molecular weight excluding hydrogens is 760 g/mol. The highest BCUT2D eigenvalue weighted by Crippen LogP contribution is 2.57. The van der Waals surface area contributed by atoms with Crippen molar-refractivity contribution in [2.75, 3.05) is 0 Å². The van der Waals surface area contributed by atoms with Gasteiger partial charge in [0.05, 0.1) is 24.0 Å². The quantitative estimate of drug-likeness (QED) is 0.134. The zero-order chi connectivity index (χ0) is 42.0. The van der Waals surface area contributed by atoms with Gasteiger partial charge < -0.3 is 37.9 Å². The van der Waals surface area contributed by atoms with E-state index < -0.39 is 82.6 Å². The fraction of sp³-hybridized carbons (Fsp3) is 0.238. The van der Waals surface area contributed by atoms with Crippen LogP contribution in [-0.4, -0.2) is 47.4 Å². The number of carbonyl (C=O) groups excluding carboxylic acids is 8. The monoisotopic (exact) mass is 794 g/mol. The minimum absolute atomic E-state index is 0.176. The van der Waals surface area contributed by atoms with Gasteiger partial charge in [0, 0.05) is 53.7 Å². The summed E-state index contributed by atoms with van der Waals surface area (Å²) in [6.45, 7) is 6.71. The predicted molar refractivity (Wildman–Crippen MR) is 197 cm³/mol. The maximum atomic E-state index is 14.1. The van der Waals surface area contributed by atoms with E-state index in [1.54, 1.807) is 24.3 Å². The Kier molecular flexibility index (Phi) is 11.4. The number of carbonyl (C=O) groups is 8. The molecule has 2 heterocycles. The lowest BCUT2D eigenvalue weighted by Crippen LogP contribution is -2.24. The summed E-state index contributed by atoms with van der Waals surface area (Å²) in [5.74, 6) is -7.64. The highest BCUT2D eigenvalue weighted by molar-refractivity contribution is 6.11. The Balaban J connectivity index is 1.57. The third-order valence-electron chi connectivity index (χ3n) is 8.53. The Labute approximate surface area is 329 Å². The summed E-state index contributed by atoms with van der Waals surface area (Å²) in [4.78, 5) is 102. The lowest BCUT2D eigenvalue weighted by molar-refractivity contribution is -0.133. The van der Waals surface area contributed by atoms with E-state index in [0.717, 1.165) is 27.7 Å². The molecule has 16 nitrogen and oxygen atoms in total. The zero-order valence-electron chi connectivity index (χ0n) is 31.9. The number of hydrogen-bond donors (Lipinski definition) is 0. The van der Waals surface area contributed by atoms with Crippen LogP contribution in [0.15, 0.2) is 60.7 Å². The van der Waals surface area contributed by atoms with Gasteiger partial charge in [-0.2, -0.15) is 0 Å². The van der Waals surface area contributed by atoms with Gasteiger partial charge in [-0.3, -0.25) is 38.4 Å². The fourth-order valence-electron chi connectivity index (χ4n) is 6.51. The summed E-state index contributed by atoms with van der Waals surface area (Å²) in [5.41, 5.74) is -0.317. The van der Waals surface area contributed by atoms with Crippen molar-refractivity contribution in [3.8, 4) is 57.1 Å². The first-order valence-corrected chi connectivity index (χ1v) is 17.6. The lowest BCUT2D eigenvalue weighted by Gasteiger charge is -2.31. The molecule has 16 heteroatoms. The Morgan fingerprint density at radius 2 is 0.759 bits per heavy atom. The second-order valence-electron chi connectivity index (χ2n) is 13.1. The maximum absolute atomic E-state index is 14.1. The van der Waals surface area contributed by atoms with E-state index in [1.807, 2.05) is 0 Å². The summed E-state index contributed by atoms with van der Waals surface area (Å²) in [5, 5.41) is 0. The molecule has 0 bridgehead atoms. The van der Waals surface area contributed by atoms with Crippen molar-refractivity contribution in [2.24, 2.45) is 0 Å². The summed E-state index contributed by atoms with van der Waals surface area (Å²) >= 11 is 0. The van der Waals surface area contributed by atoms with Crippen LogP contribution >= 0.6 is 0 Å². The minimum atomic E-state index is -0.942. The third kappa shape index (κ3) is 8.70. The van der Waals surface area contributed by atoms with Gasteiger partial charge in [0.15, 0.2) is 23.1 Å². The third-order valence-corrected chi connectivity index (χ3v) is 8.53. The molecule has 4 aromatic carbocycles. The molecule has 2 aliphatic heterocycles. The molecule has 58 heavy (non-hydrogen) atoms. The molecule has 0 fully saturated rings. The van der Waals surface area contributed by atoms with Crippen molar-refractivity contribution in [1.29, 1.82) is 0 Å². The average molecular weight is 795 g/mol. The first-order valence-electron chi connectivity index (χ1n) is 17.6. The predicted octanol–water partition coefficient (Wildman–Crippen LogP) is 6.32. The van der Waals surface area contributed by atoms with Crippen LogP contribution in [0.5, 0.6) is 46.0 Å². The molecule has 2 atom stereocenters. The molecule has 0 amide bonds. The van der Waals surface area contributed by atoms with Crippen molar-refractivity contribution in [1.82, 2.24) is 0 Å². The largest absolute Gasteiger partial charge is 0.484 e. The number of ether oxygens (including phenoxy) is 8. The van der Waals surface area contributed by atoms with Crippen LogP contribution in [0.3, 0.4) is 0 Å². The first kappa shape index (κ1) is 40.3. The summed E-state index contributed by atoms with van der Waals surface area (Å²) in [6, 6.07) is 14.7. The average Bonchev–Trinajstić information content (AvgIpc) is 3.11. The molecular formula is C42H34O16. The SMILES string of the molecule is CC(=O)Oc1ccc([C@@H]2CC(=O)c3c(cc(OC(C)=O)c(-c4c(OC(C)=O)cc5c(c4OC(C)=O)C(=O)C[C@@H](c4ccc(OC(C)=O)cc4)O5)c3OC(C)=O)O2)cc1. The standard InChI is InChI=1S/C42H34O16/c1-19(43)51-27-11-7-25(8-12-27)31-15-29(49)37-33(57-31)17-35(53-21(3)45)39(41(37)55-23(5)47)40-36(54-22(4)46)18-34-38(42(40)56-24(6)48)30(50)16-32(58-34)26-9-13-28(14-10-26)52-20(2)44/h7-14,17-18,31-32H,15-16H2,1-6H3/t31-,32-/m0/s1. The summed E-state index contributed by atoms with van der Waals surface area (Å²) in [6.07, 6.45) is -2.42. The molecule has 0 unspecified atom stereocenters. The van der Waals surface area contributed by atoms with E-state index in [0.29, 0.717) is 11.1 Å². The second kappa shape index (κ2) is 16.4. The van der Waals surface area contributed by atoms with Gasteiger partial charge in [0.2, 0.25) is 0 Å². The van der Waals surface area contributed by atoms with E-state index >= 15 is 0 Å². The molecule has 0 aliphatic carbocycles. The number of rotatable bonds is 9. The van der Waals surface area contributed by atoms with Crippen LogP contribution in [-0.2, 0) is 28.8 Å². The van der Waals surface area contributed by atoms with Crippen LogP contribution in [0.25, 0.3) is 11.1 Å². The van der Waals surface area contributed by atoms with Crippen molar-refractivity contribution in [2.45, 2.75) is 66.6 Å². The maximum Gasteiger partial charge on any atom is 0.308 e. The molecule has 0 radical (unpaired) electrons. The Morgan fingerprint density at radius 3 is 1.05 bits per heavy atom. The fourth-order valence-corrected chi connectivity index (χ4v) is 6.51. The van der Waals surface area contributed by atoms with Crippen LogP contribution in [0.2, 0.25) is 0 Å². The topological polar surface area (TPSA) is 210 Å². The molecule has 0 N–H and O–H groups in total. The molecule has 298 valence electrons. The number of esters is 6. The van der Waals surface area contributed by atoms with E-state index in [1.165, 1.54) is 50.2 Å². The van der Waals surface area contributed by atoms with Crippen molar-refractivity contribution < 1.29 is 76.3 Å². The van der Waals surface area contributed by atoms with Gasteiger partial charge >= 0.3 is 35.8 Å². The van der Waals surface area contributed by atoms with Crippen molar-refractivity contribution in [3.05, 3.63) is 82.9 Å². The highest BCUT2D eigenvalue weighted by Gasteiger charge is 2.41. The first-order chi connectivity index (χ1) is 27.5. The molecule has 0 spiro atoms. The van der Waals surface area contributed by atoms with E-state index in [9.17, 15) is 38.4 Å². The number of ketones is 2. The van der Waals surface area contributed by atoms with E-state index in [4.69, 9.17) is 37.9 Å². The van der Waals surface area contributed by atoms with Gasteiger partial charge in [-0.05, 0) is 35.4 Å². The van der Waals surface area contributed by atoms with Crippen molar-refractivity contribution in [3.63, 3.8) is 0 Å². The number of benzene rings is 4. The number of fused-ring (bicyclic) bond motifs is 2. The number of hydrogen-bond acceptors (Lipinski definition) is 16. The Morgan fingerprint density at radius 1 is 0.448 bits per heavy atom. The molecule has 6 rings (SSSR count). The number of Topliss-reactive ketones (excluding diaryl/α,β-unsaturated/α-hetero) is 2.